The van der Waals surface area contributed by atoms with Crippen LogP contribution in [-0.4, -0.2) is 28.9 Å². The molecule has 1 aliphatic rings. The first-order valence-corrected chi connectivity index (χ1v) is 5.88. The van der Waals surface area contributed by atoms with Crippen molar-refractivity contribution in [3.8, 4) is 0 Å². The summed E-state index contributed by atoms with van der Waals surface area (Å²) in [4.78, 5) is 12.4. The van der Waals surface area contributed by atoms with Crippen LogP contribution in [0.2, 0.25) is 0 Å². The van der Waals surface area contributed by atoms with Crippen molar-refractivity contribution in [2.45, 2.75) is 24.0 Å². The van der Waals surface area contributed by atoms with Gasteiger partial charge in [-0.05, 0) is 5.56 Å². The van der Waals surface area contributed by atoms with Gasteiger partial charge in [0, 0.05) is 13.0 Å². The second-order valence-electron chi connectivity index (χ2n) is 4.20. The van der Waals surface area contributed by atoms with E-state index in [2.05, 4.69) is 0 Å². The van der Waals surface area contributed by atoms with Crippen LogP contribution in [0.5, 0.6) is 0 Å². The average molecular weight is 278 g/mol. The van der Waals surface area contributed by atoms with Crippen LogP contribution in [-0.2, 0) is 4.79 Å². The molecule has 1 aliphatic heterocycles. The third-order valence-corrected chi connectivity index (χ3v) is 3.14. The Morgan fingerprint density at radius 2 is 1.89 bits per heavy atom. The summed E-state index contributed by atoms with van der Waals surface area (Å²) in [6, 6.07) is 5.50. The maximum absolute atomic E-state index is 13.1. The number of amides is 1. The average Bonchev–Trinajstić information content (AvgIpc) is 2.58. The van der Waals surface area contributed by atoms with E-state index >= 15 is 0 Å². The van der Waals surface area contributed by atoms with Crippen LogP contribution in [0.4, 0.5) is 13.2 Å². The number of hydrogen-bond donors (Lipinski definition) is 0. The largest absolute Gasteiger partial charge is 0.413 e. The summed E-state index contributed by atoms with van der Waals surface area (Å²) in [5, 5.41) is -0.550. The van der Waals surface area contributed by atoms with Gasteiger partial charge >= 0.3 is 6.18 Å². The fourth-order valence-corrected chi connectivity index (χ4v) is 2.40. The van der Waals surface area contributed by atoms with E-state index in [9.17, 15) is 18.0 Å². The molecule has 1 saturated heterocycles. The molecule has 2 unspecified atom stereocenters. The van der Waals surface area contributed by atoms with Crippen molar-refractivity contribution < 1.29 is 18.0 Å². The zero-order valence-electron chi connectivity index (χ0n) is 9.32. The van der Waals surface area contributed by atoms with Crippen molar-refractivity contribution >= 4 is 17.5 Å². The molecule has 98 valence electrons. The van der Waals surface area contributed by atoms with Gasteiger partial charge in [0.05, 0.1) is 5.38 Å². The number of rotatable bonds is 2. The first-order chi connectivity index (χ1) is 8.39. The third-order valence-electron chi connectivity index (χ3n) is 2.85. The van der Waals surface area contributed by atoms with Gasteiger partial charge in [0.2, 0.25) is 5.91 Å². The van der Waals surface area contributed by atoms with Crippen LogP contribution in [0.15, 0.2) is 30.3 Å². The summed E-state index contributed by atoms with van der Waals surface area (Å²) in [6.07, 6.45) is -4.54. The van der Waals surface area contributed by atoms with Crippen molar-refractivity contribution in [3.63, 3.8) is 0 Å². The van der Waals surface area contributed by atoms with Crippen LogP contribution in [0.1, 0.15) is 18.0 Å². The summed E-state index contributed by atoms with van der Waals surface area (Å²) in [7, 11) is 0. The van der Waals surface area contributed by atoms with Crippen molar-refractivity contribution in [2.24, 2.45) is 0 Å². The molecule has 1 heterocycles. The number of halogens is 4. The van der Waals surface area contributed by atoms with Gasteiger partial charge in [0.15, 0.2) is 6.04 Å². The minimum atomic E-state index is -4.50. The molecular weight excluding hydrogens is 267 g/mol. The van der Waals surface area contributed by atoms with E-state index in [0.29, 0.717) is 0 Å². The number of likely N-dealkylation sites (tertiary alicyclic amines) is 1. The normalized spacial score (nSPS) is 22.3. The number of benzene rings is 1. The molecule has 0 spiro atoms. The number of nitrogens with zero attached hydrogens (tertiary/aromatic N) is 1. The standard InChI is InChI=1S/C12H11ClF3NO/c13-9-6-10(18)17(7-9)11(12(14,15)16)8-4-2-1-3-5-8/h1-5,9,11H,6-7H2. The van der Waals surface area contributed by atoms with Gasteiger partial charge in [-0.1, -0.05) is 30.3 Å². The summed E-state index contributed by atoms with van der Waals surface area (Å²) >= 11 is 5.75. The summed E-state index contributed by atoms with van der Waals surface area (Å²) in [5.41, 5.74) is 0.0594. The van der Waals surface area contributed by atoms with Gasteiger partial charge < -0.3 is 4.90 Å². The quantitative estimate of drug-likeness (QED) is 0.761. The lowest BCUT2D eigenvalue weighted by Gasteiger charge is -2.30. The number of carbonyl (C=O) groups excluding carboxylic acids is 1. The minimum absolute atomic E-state index is 0.0407. The maximum Gasteiger partial charge on any atom is 0.413 e. The molecule has 0 aromatic heterocycles. The molecule has 1 amide bonds. The van der Waals surface area contributed by atoms with Gasteiger partial charge in [-0.25, -0.2) is 0 Å². The predicted octanol–water partition coefficient (Wildman–Crippen LogP) is 3.13. The van der Waals surface area contributed by atoms with Crippen LogP contribution in [0, 0.1) is 0 Å². The summed E-state index contributed by atoms with van der Waals surface area (Å²) < 4.78 is 39.4. The molecule has 0 aliphatic carbocycles. The predicted molar refractivity (Wildman–Crippen MR) is 61.2 cm³/mol. The second-order valence-corrected chi connectivity index (χ2v) is 4.82. The zero-order chi connectivity index (χ0) is 13.3. The molecule has 1 fully saturated rings. The molecule has 0 saturated carbocycles. The monoisotopic (exact) mass is 277 g/mol. The molecule has 18 heavy (non-hydrogen) atoms. The Hall–Kier alpha value is -1.23. The summed E-state index contributed by atoms with van der Waals surface area (Å²) in [5.74, 6) is -0.554. The fraction of sp³-hybridized carbons (Fsp3) is 0.417. The van der Waals surface area contributed by atoms with Crippen molar-refractivity contribution in [3.05, 3.63) is 35.9 Å². The number of carbonyl (C=O) groups is 1. The molecule has 0 bridgehead atoms. The Balaban J connectivity index is 2.36. The van der Waals surface area contributed by atoms with Crippen molar-refractivity contribution in [2.75, 3.05) is 6.54 Å². The minimum Gasteiger partial charge on any atom is -0.325 e. The Morgan fingerprint density at radius 3 is 2.33 bits per heavy atom. The highest BCUT2D eigenvalue weighted by Crippen LogP contribution is 2.40. The molecule has 1 aromatic carbocycles. The lowest BCUT2D eigenvalue weighted by atomic mass is 10.1. The first-order valence-electron chi connectivity index (χ1n) is 5.45. The van der Waals surface area contributed by atoms with E-state index < -0.39 is 23.5 Å². The van der Waals surface area contributed by atoms with Crippen molar-refractivity contribution in [1.82, 2.24) is 4.90 Å². The molecule has 6 heteroatoms. The molecule has 0 radical (unpaired) electrons. The molecule has 1 aromatic rings. The summed E-state index contributed by atoms with van der Waals surface area (Å²) in [6.45, 7) is -0.0700. The van der Waals surface area contributed by atoms with Gasteiger partial charge in [-0.3, -0.25) is 4.79 Å². The van der Waals surface area contributed by atoms with Gasteiger partial charge in [0.1, 0.15) is 0 Å². The topological polar surface area (TPSA) is 20.3 Å². The smallest absolute Gasteiger partial charge is 0.325 e. The molecule has 0 N–H and O–H groups in total. The van der Waals surface area contributed by atoms with E-state index in [1.165, 1.54) is 24.3 Å². The van der Waals surface area contributed by atoms with E-state index in [-0.39, 0.29) is 18.5 Å². The van der Waals surface area contributed by atoms with E-state index in [4.69, 9.17) is 11.6 Å². The highest BCUT2D eigenvalue weighted by atomic mass is 35.5. The molecular formula is C12H11ClF3NO. The molecule has 2 rings (SSSR count). The van der Waals surface area contributed by atoms with Crippen LogP contribution in [0.25, 0.3) is 0 Å². The lowest BCUT2D eigenvalue weighted by molar-refractivity contribution is -0.188. The van der Waals surface area contributed by atoms with Gasteiger partial charge in [-0.2, -0.15) is 13.2 Å². The van der Waals surface area contributed by atoms with E-state index in [0.717, 1.165) is 4.90 Å². The van der Waals surface area contributed by atoms with Gasteiger partial charge in [-0.15, -0.1) is 11.6 Å². The highest BCUT2D eigenvalue weighted by molar-refractivity contribution is 6.22. The second kappa shape index (κ2) is 4.80. The van der Waals surface area contributed by atoms with E-state index in [1.807, 2.05) is 0 Å². The SMILES string of the molecule is O=C1CC(Cl)CN1C(c1ccccc1)C(F)(F)F. The number of hydrogen-bond acceptors (Lipinski definition) is 1. The Morgan fingerprint density at radius 1 is 1.28 bits per heavy atom. The lowest BCUT2D eigenvalue weighted by Crippen LogP contribution is -2.39. The third kappa shape index (κ3) is 2.61. The van der Waals surface area contributed by atoms with Crippen molar-refractivity contribution in [1.29, 1.82) is 0 Å². The Bertz CT molecular complexity index is 435. The fourth-order valence-electron chi connectivity index (χ4n) is 2.12. The van der Waals surface area contributed by atoms with Gasteiger partial charge in [0.25, 0.3) is 0 Å². The van der Waals surface area contributed by atoms with Crippen LogP contribution >= 0.6 is 11.6 Å². The van der Waals surface area contributed by atoms with Crippen LogP contribution < -0.4 is 0 Å². The Kier molecular flexibility index (Phi) is 3.52. The molecule has 2 nitrogen and oxygen atoms in total. The highest BCUT2D eigenvalue weighted by Gasteiger charge is 2.48. The van der Waals surface area contributed by atoms with Crippen LogP contribution in [0.3, 0.4) is 0 Å². The van der Waals surface area contributed by atoms with E-state index in [1.54, 1.807) is 6.07 Å². The Labute approximate surface area is 107 Å². The zero-order valence-corrected chi connectivity index (χ0v) is 10.1. The number of alkyl halides is 4. The molecule has 2 atom stereocenters. The first kappa shape index (κ1) is 13.2. The maximum atomic E-state index is 13.1.